The highest BCUT2D eigenvalue weighted by molar-refractivity contribution is 7.87. The minimum Gasteiger partial charge on any atom is -0.486 e. The first-order valence-electron chi connectivity index (χ1n) is 8.97. The Kier molecular flexibility index (Phi) is 5.27. The molecule has 0 radical (unpaired) electrons. The molecule has 0 amide bonds. The smallest absolute Gasteiger partial charge is 0.279 e. The Labute approximate surface area is 150 Å². The first kappa shape index (κ1) is 18.5. The highest BCUT2D eigenvalue weighted by atomic mass is 32.2. The molecule has 6 nitrogen and oxygen atoms in total. The Morgan fingerprint density at radius 3 is 2.44 bits per heavy atom. The van der Waals surface area contributed by atoms with Crippen LogP contribution in [0.25, 0.3) is 0 Å². The number of benzene rings is 1. The Morgan fingerprint density at radius 1 is 1.16 bits per heavy atom. The summed E-state index contributed by atoms with van der Waals surface area (Å²) >= 11 is 0. The topological polar surface area (TPSA) is 67.9 Å². The van der Waals surface area contributed by atoms with Gasteiger partial charge < -0.3 is 9.47 Å². The highest BCUT2D eigenvalue weighted by Gasteiger charge is 2.38. The number of nitrogens with one attached hydrogen (secondary N) is 1. The van der Waals surface area contributed by atoms with E-state index in [9.17, 15) is 8.42 Å². The van der Waals surface area contributed by atoms with Crippen molar-refractivity contribution in [3.63, 3.8) is 0 Å². The van der Waals surface area contributed by atoms with Crippen molar-refractivity contribution in [3.05, 3.63) is 23.8 Å². The largest absolute Gasteiger partial charge is 0.486 e. The fourth-order valence-electron chi connectivity index (χ4n) is 3.60. The number of nitrogens with zero attached hydrogens (tertiary/aromatic N) is 1. The van der Waals surface area contributed by atoms with Gasteiger partial charge in [0, 0.05) is 25.0 Å². The summed E-state index contributed by atoms with van der Waals surface area (Å²) in [6.45, 7) is 5.26. The predicted octanol–water partition coefficient (Wildman–Crippen LogP) is 2.44. The fourth-order valence-corrected chi connectivity index (χ4v) is 4.82. The average Bonchev–Trinajstić information content (AvgIpc) is 3.09. The maximum absolute atomic E-state index is 12.5. The van der Waals surface area contributed by atoms with Gasteiger partial charge in [-0.3, -0.25) is 0 Å². The molecule has 1 heterocycles. The molecule has 0 atom stereocenters. The van der Waals surface area contributed by atoms with Gasteiger partial charge in [0.1, 0.15) is 13.2 Å². The lowest BCUT2D eigenvalue weighted by molar-refractivity contribution is 0.171. The number of hydrogen-bond donors (Lipinski definition) is 1. The van der Waals surface area contributed by atoms with Crippen molar-refractivity contribution in [2.45, 2.75) is 51.0 Å². The van der Waals surface area contributed by atoms with E-state index >= 15 is 0 Å². The van der Waals surface area contributed by atoms with Crippen LogP contribution in [0.3, 0.4) is 0 Å². The van der Waals surface area contributed by atoms with E-state index in [1.54, 1.807) is 7.05 Å². The third kappa shape index (κ3) is 3.78. The molecule has 0 bridgehead atoms. The zero-order valence-electron chi connectivity index (χ0n) is 15.2. The van der Waals surface area contributed by atoms with Crippen molar-refractivity contribution < 1.29 is 17.9 Å². The minimum atomic E-state index is -3.48. The fraction of sp³-hybridized carbons (Fsp3) is 0.667. The molecule has 1 fully saturated rings. The SMILES string of the molecule is CC(C)N(C)S(=O)(=O)NCC1(c2ccc3c(c2)OCCO3)CCCC1. The molecule has 3 rings (SSSR count). The standard InChI is InChI=1S/C18H28N2O4S/c1-14(2)20(3)25(21,22)19-13-18(8-4-5-9-18)15-6-7-16-17(12-15)24-11-10-23-16/h6-7,12,14,19H,4-5,8-11,13H2,1-3H3. The third-order valence-corrected chi connectivity index (χ3v) is 7.10. The summed E-state index contributed by atoms with van der Waals surface area (Å²) in [5.74, 6) is 1.53. The number of fused-ring (bicyclic) bond motifs is 1. The van der Waals surface area contributed by atoms with Crippen LogP contribution >= 0.6 is 0 Å². The molecule has 0 aromatic heterocycles. The number of ether oxygens (including phenoxy) is 2. The van der Waals surface area contributed by atoms with E-state index in [1.165, 1.54) is 4.31 Å². The van der Waals surface area contributed by atoms with E-state index < -0.39 is 10.2 Å². The quantitative estimate of drug-likeness (QED) is 0.837. The van der Waals surface area contributed by atoms with Gasteiger partial charge in [0.2, 0.25) is 0 Å². The lowest BCUT2D eigenvalue weighted by Crippen LogP contribution is -2.46. The van der Waals surface area contributed by atoms with Crippen molar-refractivity contribution in [1.29, 1.82) is 0 Å². The zero-order valence-corrected chi connectivity index (χ0v) is 16.1. The van der Waals surface area contributed by atoms with E-state index in [-0.39, 0.29) is 11.5 Å². The van der Waals surface area contributed by atoms with E-state index in [4.69, 9.17) is 9.47 Å². The van der Waals surface area contributed by atoms with Gasteiger partial charge in [0.15, 0.2) is 11.5 Å². The maximum atomic E-state index is 12.5. The minimum absolute atomic E-state index is 0.0775. The van der Waals surface area contributed by atoms with Gasteiger partial charge in [0.05, 0.1) is 0 Å². The van der Waals surface area contributed by atoms with Gasteiger partial charge in [-0.25, -0.2) is 4.72 Å². The van der Waals surface area contributed by atoms with Gasteiger partial charge >= 0.3 is 0 Å². The van der Waals surface area contributed by atoms with Crippen LogP contribution in [-0.2, 0) is 15.6 Å². The van der Waals surface area contributed by atoms with Crippen LogP contribution in [0.15, 0.2) is 18.2 Å². The Hall–Kier alpha value is -1.31. The Balaban J connectivity index is 1.83. The lowest BCUT2D eigenvalue weighted by atomic mass is 9.79. The molecule has 1 aliphatic carbocycles. The molecule has 1 aromatic carbocycles. The molecule has 140 valence electrons. The van der Waals surface area contributed by atoms with Crippen LogP contribution in [0.1, 0.15) is 45.1 Å². The summed E-state index contributed by atoms with van der Waals surface area (Å²) in [4.78, 5) is 0. The molecule has 7 heteroatoms. The summed E-state index contributed by atoms with van der Waals surface area (Å²) in [6.07, 6.45) is 4.16. The molecule has 0 spiro atoms. The first-order chi connectivity index (χ1) is 11.8. The van der Waals surface area contributed by atoms with Gasteiger partial charge in [-0.15, -0.1) is 0 Å². The van der Waals surface area contributed by atoms with E-state index in [0.717, 1.165) is 42.7 Å². The summed E-state index contributed by atoms with van der Waals surface area (Å²) in [7, 11) is -1.87. The second kappa shape index (κ2) is 7.13. The molecule has 25 heavy (non-hydrogen) atoms. The summed E-state index contributed by atoms with van der Waals surface area (Å²) < 4.78 is 40.5. The van der Waals surface area contributed by atoms with Crippen molar-refractivity contribution in [2.24, 2.45) is 0 Å². The molecule has 0 saturated heterocycles. The van der Waals surface area contributed by atoms with Crippen LogP contribution in [0.5, 0.6) is 11.5 Å². The molecular weight excluding hydrogens is 340 g/mol. The summed E-state index contributed by atoms with van der Waals surface area (Å²) in [5.41, 5.74) is 0.949. The summed E-state index contributed by atoms with van der Waals surface area (Å²) in [5, 5.41) is 0. The number of hydrogen-bond acceptors (Lipinski definition) is 4. The maximum Gasteiger partial charge on any atom is 0.279 e. The van der Waals surface area contributed by atoms with Crippen molar-refractivity contribution in [2.75, 3.05) is 26.8 Å². The van der Waals surface area contributed by atoms with Crippen molar-refractivity contribution in [1.82, 2.24) is 9.03 Å². The second-order valence-electron chi connectivity index (χ2n) is 7.28. The van der Waals surface area contributed by atoms with Crippen LogP contribution in [0, 0.1) is 0 Å². The third-order valence-electron chi connectivity index (χ3n) is 5.41. The molecule has 0 unspecified atom stereocenters. The Morgan fingerprint density at radius 2 is 1.80 bits per heavy atom. The molecule has 2 aliphatic rings. The van der Waals surface area contributed by atoms with Gasteiger partial charge in [0.25, 0.3) is 10.2 Å². The second-order valence-corrected chi connectivity index (χ2v) is 9.10. The molecule has 1 N–H and O–H groups in total. The van der Waals surface area contributed by atoms with Crippen LogP contribution < -0.4 is 14.2 Å². The molecule has 1 aliphatic heterocycles. The predicted molar refractivity (Wildman–Crippen MR) is 97.4 cm³/mol. The van der Waals surface area contributed by atoms with Gasteiger partial charge in [-0.2, -0.15) is 12.7 Å². The number of rotatable bonds is 6. The normalized spacial score (nSPS) is 19.6. The van der Waals surface area contributed by atoms with E-state index in [2.05, 4.69) is 10.8 Å². The van der Waals surface area contributed by atoms with Crippen molar-refractivity contribution >= 4 is 10.2 Å². The molecule has 1 aromatic rings. The average molecular weight is 368 g/mol. The van der Waals surface area contributed by atoms with Gasteiger partial charge in [-0.05, 0) is 44.4 Å². The molecule has 1 saturated carbocycles. The van der Waals surface area contributed by atoms with Crippen LogP contribution in [0.4, 0.5) is 0 Å². The van der Waals surface area contributed by atoms with Gasteiger partial charge in [-0.1, -0.05) is 18.9 Å². The van der Waals surface area contributed by atoms with E-state index in [0.29, 0.717) is 19.8 Å². The molecular formula is C18H28N2O4S. The highest BCUT2D eigenvalue weighted by Crippen LogP contribution is 2.44. The Bertz CT molecular complexity index is 712. The monoisotopic (exact) mass is 368 g/mol. The zero-order chi connectivity index (χ0) is 18.1. The van der Waals surface area contributed by atoms with Crippen LogP contribution in [0.2, 0.25) is 0 Å². The van der Waals surface area contributed by atoms with Crippen LogP contribution in [-0.4, -0.2) is 45.6 Å². The lowest BCUT2D eigenvalue weighted by Gasteiger charge is -2.32. The van der Waals surface area contributed by atoms with E-state index in [1.807, 2.05) is 26.0 Å². The first-order valence-corrected chi connectivity index (χ1v) is 10.4. The summed E-state index contributed by atoms with van der Waals surface area (Å²) in [6, 6.07) is 5.95. The van der Waals surface area contributed by atoms with Crippen molar-refractivity contribution in [3.8, 4) is 11.5 Å².